The number of esters is 1. The van der Waals surface area contributed by atoms with E-state index in [-0.39, 0.29) is 29.1 Å². The van der Waals surface area contributed by atoms with Crippen molar-refractivity contribution in [1.82, 2.24) is 15.3 Å². The first kappa shape index (κ1) is 39.9. The van der Waals surface area contributed by atoms with Crippen LogP contribution in [0, 0.1) is 5.92 Å². The summed E-state index contributed by atoms with van der Waals surface area (Å²) in [6.07, 6.45) is 7.78. The lowest BCUT2D eigenvalue weighted by Crippen LogP contribution is -2.30. The van der Waals surface area contributed by atoms with Crippen LogP contribution in [0.2, 0.25) is 0 Å². The summed E-state index contributed by atoms with van der Waals surface area (Å²) in [6.45, 7) is 5.56. The van der Waals surface area contributed by atoms with E-state index in [1.807, 2.05) is 62.4 Å². The highest BCUT2D eigenvalue weighted by atomic mass is 16.5. The van der Waals surface area contributed by atoms with Crippen LogP contribution < -0.4 is 25.4 Å². The number of anilines is 2. The van der Waals surface area contributed by atoms with Crippen LogP contribution in [-0.2, 0) is 4.74 Å². The van der Waals surface area contributed by atoms with Crippen molar-refractivity contribution >= 4 is 56.6 Å². The lowest BCUT2D eigenvalue weighted by atomic mass is 10.0. The van der Waals surface area contributed by atoms with E-state index in [0.717, 1.165) is 45.9 Å². The molecule has 2 heterocycles. The van der Waals surface area contributed by atoms with Crippen LogP contribution in [0.3, 0.4) is 0 Å². The molecule has 2 aromatic heterocycles. The van der Waals surface area contributed by atoms with Gasteiger partial charge in [0.25, 0.3) is 17.7 Å². The molecule has 0 atom stereocenters. The van der Waals surface area contributed by atoms with Crippen LogP contribution in [0.4, 0.5) is 11.4 Å². The van der Waals surface area contributed by atoms with Crippen molar-refractivity contribution < 1.29 is 33.4 Å². The van der Waals surface area contributed by atoms with Gasteiger partial charge in [0.1, 0.15) is 11.5 Å². The van der Waals surface area contributed by atoms with Crippen LogP contribution >= 0.6 is 0 Å². The monoisotopic (exact) mass is 767 g/mol. The minimum absolute atomic E-state index is 0.0543. The van der Waals surface area contributed by atoms with Crippen LogP contribution in [0.1, 0.15) is 81.2 Å². The molecular formula is C45H45N5O7. The van der Waals surface area contributed by atoms with Gasteiger partial charge in [0.05, 0.1) is 31.7 Å². The Hall–Kier alpha value is -6.82. The Balaban J connectivity index is 0.000000196. The molecule has 12 heteroatoms. The fourth-order valence-electron chi connectivity index (χ4n) is 6.87. The summed E-state index contributed by atoms with van der Waals surface area (Å²) in [5.74, 6) is 0.469. The zero-order valence-corrected chi connectivity index (χ0v) is 32.2. The predicted octanol–water partition coefficient (Wildman–Crippen LogP) is 8.48. The lowest BCUT2D eigenvalue weighted by Gasteiger charge is -2.14. The largest absolute Gasteiger partial charge is 0.493 e. The van der Waals surface area contributed by atoms with Crippen molar-refractivity contribution in [2.45, 2.75) is 39.5 Å². The Bertz CT molecular complexity index is 2390. The Morgan fingerprint density at radius 2 is 1.07 bits per heavy atom. The van der Waals surface area contributed by atoms with Crippen LogP contribution in [0.25, 0.3) is 21.5 Å². The van der Waals surface area contributed by atoms with E-state index >= 15 is 0 Å². The smallest absolute Gasteiger partial charge is 0.358 e. The molecule has 12 nitrogen and oxygen atoms in total. The molecule has 1 fully saturated rings. The summed E-state index contributed by atoms with van der Waals surface area (Å²) in [6, 6.07) is 28.8. The maximum atomic E-state index is 13.1. The van der Waals surface area contributed by atoms with Gasteiger partial charge in [0.2, 0.25) is 0 Å². The lowest BCUT2D eigenvalue weighted by molar-refractivity contribution is 0.0595. The number of nitrogens with one attached hydrogen (secondary N) is 3. The second-order valence-corrected chi connectivity index (χ2v) is 13.2. The summed E-state index contributed by atoms with van der Waals surface area (Å²) in [7, 11) is 1.27. The fourth-order valence-corrected chi connectivity index (χ4v) is 6.87. The third kappa shape index (κ3) is 9.53. The van der Waals surface area contributed by atoms with Gasteiger partial charge in [0.15, 0.2) is 11.4 Å². The van der Waals surface area contributed by atoms with Gasteiger partial charge in [0, 0.05) is 40.8 Å². The number of nitrogens with zero attached hydrogens (tertiary/aromatic N) is 2. The van der Waals surface area contributed by atoms with E-state index < -0.39 is 5.97 Å². The van der Waals surface area contributed by atoms with Gasteiger partial charge in [-0.1, -0.05) is 61.4 Å². The number of methoxy groups -OCH3 is 1. The summed E-state index contributed by atoms with van der Waals surface area (Å²) < 4.78 is 16.0. The van der Waals surface area contributed by atoms with Gasteiger partial charge in [-0.05, 0) is 91.9 Å². The molecule has 1 saturated carbocycles. The Morgan fingerprint density at radius 1 is 0.596 bits per heavy atom. The average Bonchev–Trinajstić information content (AvgIpc) is 3.77. The molecule has 6 aromatic rings. The molecule has 0 unspecified atom stereocenters. The van der Waals surface area contributed by atoms with E-state index in [1.54, 1.807) is 54.7 Å². The number of benzene rings is 4. The van der Waals surface area contributed by atoms with E-state index in [1.165, 1.54) is 26.1 Å². The summed E-state index contributed by atoms with van der Waals surface area (Å²) in [5, 5.41) is 11.9. The minimum Gasteiger partial charge on any atom is -0.493 e. The Kier molecular flexibility index (Phi) is 13.4. The molecule has 3 N–H and O–H groups in total. The normalized spacial score (nSPS) is 12.3. The number of pyridine rings is 2. The quantitative estimate of drug-likeness (QED) is 0.104. The number of hydrogen-bond donors (Lipinski definition) is 3. The maximum absolute atomic E-state index is 13.1. The van der Waals surface area contributed by atoms with Crippen molar-refractivity contribution in [3.8, 4) is 11.5 Å². The zero-order valence-electron chi connectivity index (χ0n) is 32.2. The average molecular weight is 768 g/mol. The maximum Gasteiger partial charge on any atom is 0.358 e. The molecule has 0 saturated heterocycles. The number of hydrogen-bond acceptors (Lipinski definition) is 9. The van der Waals surface area contributed by atoms with E-state index in [2.05, 4.69) is 25.9 Å². The Morgan fingerprint density at radius 3 is 1.56 bits per heavy atom. The van der Waals surface area contributed by atoms with Gasteiger partial charge in [-0.2, -0.15) is 0 Å². The molecule has 4 aromatic carbocycles. The molecule has 0 spiro atoms. The molecule has 292 valence electrons. The SMILES string of the molecule is CCOc1ccc(C(=O)Nc2cccnc2C(=O)NCC2CCCC2)c2ccccc12.CCOc1ccc(C(=O)Nc2cccnc2C(=O)OC)c2ccccc12. The second-order valence-electron chi connectivity index (χ2n) is 13.2. The van der Waals surface area contributed by atoms with Crippen molar-refractivity contribution in [3.63, 3.8) is 0 Å². The number of fused-ring (bicyclic) bond motifs is 2. The number of carbonyl (C=O) groups is 4. The molecule has 3 amide bonds. The third-order valence-corrected chi connectivity index (χ3v) is 9.59. The van der Waals surface area contributed by atoms with Gasteiger partial charge in [-0.3, -0.25) is 14.4 Å². The number of ether oxygens (including phenoxy) is 3. The van der Waals surface area contributed by atoms with Gasteiger partial charge < -0.3 is 30.2 Å². The molecule has 57 heavy (non-hydrogen) atoms. The molecule has 0 radical (unpaired) electrons. The summed E-state index contributed by atoms with van der Waals surface area (Å²) in [5.41, 5.74) is 1.96. The predicted molar refractivity (Wildman–Crippen MR) is 220 cm³/mol. The Labute approximate surface area is 331 Å². The standard InChI is InChI=1S/C25H27N3O3.C20H18N2O4/c1-2-31-22-14-13-20(18-10-5-6-11-19(18)22)24(29)28-21-12-7-15-26-23(21)25(30)27-16-17-8-3-4-9-17;1-3-26-17-11-10-15(13-7-4-5-8-14(13)17)19(23)22-16-9-6-12-21-18(16)20(24)25-2/h5-7,10-15,17H,2-4,8-9,16H2,1H3,(H,27,30)(H,28,29);4-12H,3H2,1-2H3,(H,22,23). The second kappa shape index (κ2) is 19.2. The van der Waals surface area contributed by atoms with Crippen LogP contribution in [0.5, 0.6) is 11.5 Å². The number of carbonyl (C=O) groups excluding carboxylic acids is 4. The summed E-state index contributed by atoms with van der Waals surface area (Å²) >= 11 is 0. The van der Waals surface area contributed by atoms with Crippen molar-refractivity contribution in [2.75, 3.05) is 37.5 Å². The van der Waals surface area contributed by atoms with Crippen LogP contribution in [-0.4, -0.2) is 60.5 Å². The van der Waals surface area contributed by atoms with Crippen molar-refractivity contribution in [1.29, 1.82) is 0 Å². The van der Waals surface area contributed by atoms with E-state index in [9.17, 15) is 19.2 Å². The molecule has 1 aliphatic carbocycles. The first-order chi connectivity index (χ1) is 27.8. The minimum atomic E-state index is -0.613. The fraction of sp³-hybridized carbons (Fsp3) is 0.244. The van der Waals surface area contributed by atoms with Gasteiger partial charge in [-0.25, -0.2) is 14.8 Å². The molecular weight excluding hydrogens is 723 g/mol. The first-order valence-corrected chi connectivity index (χ1v) is 19.0. The van der Waals surface area contributed by atoms with Crippen LogP contribution in [0.15, 0.2) is 109 Å². The molecule has 0 aliphatic heterocycles. The van der Waals surface area contributed by atoms with Crippen molar-refractivity contribution in [2.24, 2.45) is 5.92 Å². The first-order valence-electron chi connectivity index (χ1n) is 19.0. The zero-order chi connectivity index (χ0) is 40.1. The highest BCUT2D eigenvalue weighted by Gasteiger charge is 2.21. The third-order valence-electron chi connectivity index (χ3n) is 9.59. The van der Waals surface area contributed by atoms with E-state index in [0.29, 0.717) is 48.2 Å². The number of amides is 3. The number of aromatic nitrogens is 2. The van der Waals surface area contributed by atoms with Crippen molar-refractivity contribution in [3.05, 3.63) is 132 Å². The highest BCUT2D eigenvalue weighted by Crippen LogP contribution is 2.31. The number of rotatable bonds is 12. The highest BCUT2D eigenvalue weighted by molar-refractivity contribution is 6.16. The van der Waals surface area contributed by atoms with E-state index in [4.69, 9.17) is 14.2 Å². The molecule has 0 bridgehead atoms. The topological polar surface area (TPSA) is 158 Å². The van der Waals surface area contributed by atoms with Gasteiger partial charge >= 0.3 is 5.97 Å². The summed E-state index contributed by atoms with van der Waals surface area (Å²) in [4.78, 5) is 58.7. The molecule has 1 aliphatic rings. The molecule has 7 rings (SSSR count). The van der Waals surface area contributed by atoms with Gasteiger partial charge in [-0.15, -0.1) is 0 Å².